The van der Waals surface area contributed by atoms with Gasteiger partial charge in [-0.3, -0.25) is 9.59 Å². The molecule has 0 bridgehead atoms. The molecule has 6 heteroatoms. The Bertz CT molecular complexity index is 958. The minimum atomic E-state index is -0.688. The third-order valence-electron chi connectivity index (χ3n) is 5.13. The van der Waals surface area contributed by atoms with E-state index in [2.05, 4.69) is 0 Å². The highest BCUT2D eigenvalue weighted by molar-refractivity contribution is 6.15. The number of aryl methyl sites for hydroxylation is 2. The van der Waals surface area contributed by atoms with Crippen molar-refractivity contribution >= 4 is 17.7 Å². The van der Waals surface area contributed by atoms with E-state index in [1.54, 1.807) is 29.2 Å². The van der Waals surface area contributed by atoms with Gasteiger partial charge in [-0.1, -0.05) is 35.9 Å². The number of carbonyl (C=O) groups is 3. The first kappa shape index (κ1) is 21.7. The Morgan fingerprint density at radius 3 is 2.27 bits per heavy atom. The second-order valence-electron chi connectivity index (χ2n) is 7.83. The van der Waals surface area contributed by atoms with E-state index in [1.807, 2.05) is 45.9 Å². The SMILES string of the molecule is Cc1ccc(C)c(C(=O)c2ccccc2C(=O)OCC(=O)N2C[C@@H](C)O[C@@H](C)C2)c1. The molecule has 2 aromatic rings. The van der Waals surface area contributed by atoms with E-state index >= 15 is 0 Å². The van der Waals surface area contributed by atoms with Crippen LogP contribution >= 0.6 is 0 Å². The highest BCUT2D eigenvalue weighted by Gasteiger charge is 2.27. The van der Waals surface area contributed by atoms with Crippen molar-refractivity contribution < 1.29 is 23.9 Å². The number of esters is 1. The van der Waals surface area contributed by atoms with Gasteiger partial charge < -0.3 is 14.4 Å². The van der Waals surface area contributed by atoms with E-state index in [9.17, 15) is 14.4 Å². The van der Waals surface area contributed by atoms with Gasteiger partial charge in [-0.25, -0.2) is 4.79 Å². The standard InChI is InChI=1S/C24H27NO5/c1-15-9-10-16(2)21(11-15)23(27)19-7-5-6-8-20(19)24(28)29-14-22(26)25-12-17(3)30-18(4)13-25/h5-11,17-18H,12-14H2,1-4H3/t17-,18+. The van der Waals surface area contributed by atoms with Gasteiger partial charge in [0.1, 0.15) is 0 Å². The van der Waals surface area contributed by atoms with Crippen molar-refractivity contribution in [3.63, 3.8) is 0 Å². The molecule has 0 aliphatic carbocycles. The number of amides is 1. The molecule has 2 aromatic carbocycles. The van der Waals surface area contributed by atoms with Gasteiger partial charge in [0.2, 0.25) is 0 Å². The summed E-state index contributed by atoms with van der Waals surface area (Å²) in [6.45, 7) is 8.12. The van der Waals surface area contributed by atoms with Crippen LogP contribution in [-0.4, -0.2) is 54.5 Å². The third kappa shape index (κ3) is 4.94. The molecule has 30 heavy (non-hydrogen) atoms. The van der Waals surface area contributed by atoms with Crippen molar-refractivity contribution in [3.8, 4) is 0 Å². The molecule has 0 saturated carbocycles. The van der Waals surface area contributed by atoms with E-state index in [0.717, 1.165) is 11.1 Å². The fraction of sp³-hybridized carbons (Fsp3) is 0.375. The van der Waals surface area contributed by atoms with Crippen LogP contribution in [0.4, 0.5) is 0 Å². The third-order valence-corrected chi connectivity index (χ3v) is 5.13. The van der Waals surface area contributed by atoms with Crippen LogP contribution in [0.1, 0.15) is 51.3 Å². The van der Waals surface area contributed by atoms with Crippen LogP contribution in [0.3, 0.4) is 0 Å². The van der Waals surface area contributed by atoms with Gasteiger partial charge in [0.15, 0.2) is 12.4 Å². The monoisotopic (exact) mass is 409 g/mol. The highest BCUT2D eigenvalue weighted by atomic mass is 16.5. The van der Waals surface area contributed by atoms with Gasteiger partial charge in [-0.15, -0.1) is 0 Å². The first-order valence-electron chi connectivity index (χ1n) is 10.1. The number of hydrogen-bond donors (Lipinski definition) is 0. The van der Waals surface area contributed by atoms with Crippen molar-refractivity contribution in [2.24, 2.45) is 0 Å². The molecular weight excluding hydrogens is 382 g/mol. The maximum absolute atomic E-state index is 13.1. The van der Waals surface area contributed by atoms with Crippen molar-refractivity contribution in [1.82, 2.24) is 4.90 Å². The van der Waals surface area contributed by atoms with E-state index in [4.69, 9.17) is 9.47 Å². The largest absolute Gasteiger partial charge is 0.452 e. The predicted octanol–water partition coefficient (Wildman–Crippen LogP) is 3.33. The summed E-state index contributed by atoms with van der Waals surface area (Å²) in [6, 6.07) is 12.2. The lowest BCUT2D eigenvalue weighted by Gasteiger charge is -2.35. The van der Waals surface area contributed by atoms with Crippen LogP contribution in [0.15, 0.2) is 42.5 Å². The topological polar surface area (TPSA) is 72.9 Å². The average molecular weight is 409 g/mol. The van der Waals surface area contributed by atoms with E-state index in [0.29, 0.717) is 18.7 Å². The van der Waals surface area contributed by atoms with Crippen LogP contribution in [-0.2, 0) is 14.3 Å². The number of hydrogen-bond acceptors (Lipinski definition) is 5. The molecule has 2 atom stereocenters. The fourth-order valence-electron chi connectivity index (χ4n) is 3.66. The molecule has 0 N–H and O–H groups in total. The van der Waals surface area contributed by atoms with Crippen LogP contribution in [0.2, 0.25) is 0 Å². The van der Waals surface area contributed by atoms with Gasteiger partial charge in [-0.05, 0) is 45.4 Å². The average Bonchev–Trinajstić information content (AvgIpc) is 2.72. The minimum absolute atomic E-state index is 0.0654. The Hall–Kier alpha value is -2.99. The van der Waals surface area contributed by atoms with E-state index in [-0.39, 0.29) is 41.6 Å². The zero-order valence-electron chi connectivity index (χ0n) is 17.8. The van der Waals surface area contributed by atoms with Gasteiger partial charge >= 0.3 is 5.97 Å². The maximum atomic E-state index is 13.1. The van der Waals surface area contributed by atoms with Gasteiger partial charge in [0.25, 0.3) is 5.91 Å². The molecule has 0 aromatic heterocycles. The van der Waals surface area contributed by atoms with Crippen LogP contribution < -0.4 is 0 Å². The summed E-state index contributed by atoms with van der Waals surface area (Å²) in [5.41, 5.74) is 2.75. The van der Waals surface area contributed by atoms with Crippen molar-refractivity contribution in [3.05, 3.63) is 70.3 Å². The van der Waals surface area contributed by atoms with Gasteiger partial charge in [0, 0.05) is 24.2 Å². The molecule has 3 rings (SSSR count). The summed E-state index contributed by atoms with van der Waals surface area (Å²) >= 11 is 0. The zero-order valence-corrected chi connectivity index (χ0v) is 17.8. The molecule has 1 heterocycles. The Labute approximate surface area is 176 Å². The lowest BCUT2D eigenvalue weighted by molar-refractivity contribution is -0.146. The molecule has 6 nitrogen and oxygen atoms in total. The summed E-state index contributed by atoms with van der Waals surface area (Å²) in [5.74, 6) is -1.21. The van der Waals surface area contributed by atoms with Crippen molar-refractivity contribution in [2.45, 2.75) is 39.9 Å². The molecule has 0 unspecified atom stereocenters. The van der Waals surface area contributed by atoms with E-state index in [1.165, 1.54) is 0 Å². The number of morpholine rings is 1. The Morgan fingerprint density at radius 1 is 0.967 bits per heavy atom. The summed E-state index contributed by atoms with van der Waals surface area (Å²) in [7, 11) is 0. The van der Waals surface area contributed by atoms with Gasteiger partial charge in [-0.2, -0.15) is 0 Å². The molecule has 1 amide bonds. The number of ether oxygens (including phenoxy) is 2. The molecular formula is C24H27NO5. The van der Waals surface area contributed by atoms with Crippen LogP contribution in [0, 0.1) is 13.8 Å². The van der Waals surface area contributed by atoms with Crippen LogP contribution in [0.25, 0.3) is 0 Å². The molecule has 158 valence electrons. The predicted molar refractivity (Wildman–Crippen MR) is 113 cm³/mol. The smallest absolute Gasteiger partial charge is 0.339 e. The molecule has 0 radical (unpaired) electrons. The normalized spacial score (nSPS) is 18.7. The molecule has 1 fully saturated rings. The molecule has 1 aliphatic heterocycles. The Morgan fingerprint density at radius 2 is 1.60 bits per heavy atom. The molecule has 0 spiro atoms. The summed E-state index contributed by atoms with van der Waals surface area (Å²) < 4.78 is 10.9. The van der Waals surface area contributed by atoms with Crippen LogP contribution in [0.5, 0.6) is 0 Å². The van der Waals surface area contributed by atoms with Crippen molar-refractivity contribution in [2.75, 3.05) is 19.7 Å². The lowest BCUT2D eigenvalue weighted by atomic mass is 9.94. The lowest BCUT2D eigenvalue weighted by Crippen LogP contribution is -2.49. The van der Waals surface area contributed by atoms with Gasteiger partial charge in [0.05, 0.1) is 17.8 Å². The summed E-state index contributed by atoms with van der Waals surface area (Å²) in [6.07, 6.45) is -0.131. The molecule has 1 aliphatic rings. The minimum Gasteiger partial charge on any atom is -0.452 e. The number of nitrogens with zero attached hydrogens (tertiary/aromatic N) is 1. The highest BCUT2D eigenvalue weighted by Crippen LogP contribution is 2.20. The number of rotatable bonds is 5. The summed E-state index contributed by atoms with van der Waals surface area (Å²) in [5, 5.41) is 0. The first-order valence-corrected chi connectivity index (χ1v) is 10.1. The fourth-order valence-corrected chi connectivity index (χ4v) is 3.66. The second-order valence-corrected chi connectivity index (χ2v) is 7.83. The van der Waals surface area contributed by atoms with E-state index < -0.39 is 5.97 Å². The Kier molecular flexibility index (Phi) is 6.67. The number of benzene rings is 2. The maximum Gasteiger partial charge on any atom is 0.339 e. The zero-order chi connectivity index (χ0) is 21.8. The quantitative estimate of drug-likeness (QED) is 0.560. The second kappa shape index (κ2) is 9.22. The number of carbonyl (C=O) groups excluding carboxylic acids is 3. The number of ketones is 1. The van der Waals surface area contributed by atoms with Crippen molar-refractivity contribution in [1.29, 1.82) is 0 Å². The Balaban J connectivity index is 1.74. The first-order chi connectivity index (χ1) is 14.3. The summed E-state index contributed by atoms with van der Waals surface area (Å²) in [4.78, 5) is 39.9. The molecule has 1 saturated heterocycles.